The number of halogens is 3. The summed E-state index contributed by atoms with van der Waals surface area (Å²) in [6.07, 6.45) is 6.16. The molecule has 0 bridgehead atoms. The standard InChI is InChI=1S/C39H42F3N5O4/c1-45-21-30(29-19-26(40)3-5-28(29)39(45)50)25-17-32(41)31(36(18-25)51-2)22-46-13-9-23(10-14-46)24-11-15-47(16-12-24)35-7-4-27(20-33(35)42)43-34-6-8-37(48)44-38(34)49/h3-5,7,17-21,23-24,34,43H,6,8-16,22H2,1-2H3,(H,44,48,49). The van der Waals surface area contributed by atoms with E-state index >= 15 is 8.78 Å². The molecule has 7 rings (SSSR count). The van der Waals surface area contributed by atoms with Crippen molar-refractivity contribution in [2.24, 2.45) is 18.9 Å². The van der Waals surface area contributed by atoms with Crippen molar-refractivity contribution in [2.45, 2.75) is 51.1 Å². The molecule has 268 valence electrons. The van der Waals surface area contributed by atoms with Gasteiger partial charge in [0.2, 0.25) is 11.8 Å². The second-order valence-corrected chi connectivity index (χ2v) is 14.0. The van der Waals surface area contributed by atoms with Crippen LogP contribution < -0.4 is 25.8 Å². The number of piperidine rings is 3. The van der Waals surface area contributed by atoms with Crippen LogP contribution in [-0.4, -0.2) is 60.6 Å². The second-order valence-electron chi connectivity index (χ2n) is 14.0. The van der Waals surface area contributed by atoms with Crippen LogP contribution in [0.2, 0.25) is 0 Å². The van der Waals surface area contributed by atoms with Gasteiger partial charge in [0.1, 0.15) is 29.2 Å². The average Bonchev–Trinajstić information content (AvgIpc) is 3.12. The number of hydrogen-bond acceptors (Lipinski definition) is 7. The first kappa shape index (κ1) is 34.6. The number of nitrogens with zero attached hydrogens (tertiary/aromatic N) is 3. The first-order chi connectivity index (χ1) is 24.6. The second kappa shape index (κ2) is 14.4. The summed E-state index contributed by atoms with van der Waals surface area (Å²) in [6, 6.07) is 11.6. The Bertz CT molecular complexity index is 2040. The topological polar surface area (TPSA) is 95.9 Å². The number of carbonyl (C=O) groups is 2. The van der Waals surface area contributed by atoms with Crippen LogP contribution in [0.25, 0.3) is 21.9 Å². The number of amides is 2. The molecule has 0 aliphatic carbocycles. The number of ether oxygens (including phenoxy) is 1. The summed E-state index contributed by atoms with van der Waals surface area (Å²) < 4.78 is 52.3. The van der Waals surface area contributed by atoms with Crippen LogP contribution in [0.15, 0.2) is 59.5 Å². The van der Waals surface area contributed by atoms with E-state index in [1.807, 2.05) is 0 Å². The number of hydrogen-bond donors (Lipinski definition) is 2. The lowest BCUT2D eigenvalue weighted by Crippen LogP contribution is -2.47. The van der Waals surface area contributed by atoms with Crippen molar-refractivity contribution in [1.82, 2.24) is 14.8 Å². The molecule has 2 amide bonds. The molecule has 3 aliphatic heterocycles. The SMILES string of the molecule is COc1cc(-c2cn(C)c(=O)c3ccc(F)cc23)cc(F)c1CN1CCC(C2CCN(c3ccc(NC4CCC(=O)NC4=O)cc3F)CC2)CC1. The molecule has 9 nitrogen and oxygen atoms in total. The number of imide groups is 1. The Labute approximate surface area is 294 Å². The lowest BCUT2D eigenvalue weighted by Gasteiger charge is -2.41. The van der Waals surface area contributed by atoms with Crippen LogP contribution in [0.3, 0.4) is 0 Å². The van der Waals surface area contributed by atoms with Crippen LogP contribution in [0.1, 0.15) is 44.1 Å². The van der Waals surface area contributed by atoms with E-state index in [4.69, 9.17) is 4.74 Å². The maximum absolute atomic E-state index is 15.8. The highest BCUT2D eigenvalue weighted by Gasteiger charge is 2.32. The minimum atomic E-state index is -0.565. The van der Waals surface area contributed by atoms with Crippen LogP contribution in [0.5, 0.6) is 5.75 Å². The van der Waals surface area contributed by atoms with Gasteiger partial charge in [0.05, 0.1) is 12.8 Å². The van der Waals surface area contributed by atoms with Crippen molar-refractivity contribution in [1.29, 1.82) is 0 Å². The Morgan fingerprint density at radius 1 is 0.843 bits per heavy atom. The van der Waals surface area contributed by atoms with Crippen LogP contribution >= 0.6 is 0 Å². The van der Waals surface area contributed by atoms with Gasteiger partial charge in [0, 0.05) is 61.5 Å². The van der Waals surface area contributed by atoms with E-state index in [9.17, 15) is 18.8 Å². The first-order valence-electron chi connectivity index (χ1n) is 17.6. The van der Waals surface area contributed by atoms with E-state index < -0.39 is 23.6 Å². The molecule has 1 atom stereocenters. The van der Waals surface area contributed by atoms with Crippen molar-refractivity contribution < 1.29 is 27.5 Å². The molecule has 3 saturated heterocycles. The van der Waals surface area contributed by atoms with Crippen molar-refractivity contribution in [3.05, 3.63) is 88.1 Å². The molecule has 1 aromatic heterocycles. The number of anilines is 2. The Morgan fingerprint density at radius 3 is 2.25 bits per heavy atom. The number of benzene rings is 3. The summed E-state index contributed by atoms with van der Waals surface area (Å²) >= 11 is 0. The van der Waals surface area contributed by atoms with Gasteiger partial charge in [-0.2, -0.15) is 0 Å². The van der Waals surface area contributed by atoms with Gasteiger partial charge in [-0.05, 0) is 117 Å². The molecule has 3 aliphatic rings. The highest BCUT2D eigenvalue weighted by molar-refractivity contribution is 6.01. The molecule has 4 heterocycles. The van der Waals surface area contributed by atoms with Crippen molar-refractivity contribution in [3.8, 4) is 16.9 Å². The normalized spacial score (nSPS) is 19.4. The van der Waals surface area contributed by atoms with E-state index in [0.717, 1.165) is 51.9 Å². The zero-order valence-corrected chi connectivity index (χ0v) is 28.8. The molecule has 0 saturated carbocycles. The predicted molar refractivity (Wildman–Crippen MR) is 190 cm³/mol. The van der Waals surface area contributed by atoms with Crippen molar-refractivity contribution in [2.75, 3.05) is 43.5 Å². The third kappa shape index (κ3) is 7.19. The third-order valence-electron chi connectivity index (χ3n) is 10.9. The largest absolute Gasteiger partial charge is 0.496 e. The van der Waals surface area contributed by atoms with E-state index in [1.165, 1.54) is 42.0 Å². The first-order valence-corrected chi connectivity index (χ1v) is 17.6. The summed E-state index contributed by atoms with van der Waals surface area (Å²) in [5, 5.41) is 6.13. The molecular formula is C39H42F3N5O4. The third-order valence-corrected chi connectivity index (χ3v) is 10.9. The molecule has 1 unspecified atom stereocenters. The quantitative estimate of drug-likeness (QED) is 0.219. The summed E-state index contributed by atoms with van der Waals surface area (Å²) in [5.74, 6) is -0.426. The summed E-state index contributed by atoms with van der Waals surface area (Å²) in [4.78, 5) is 40.5. The van der Waals surface area contributed by atoms with Crippen LogP contribution in [0.4, 0.5) is 24.5 Å². The van der Waals surface area contributed by atoms with Crippen LogP contribution in [-0.2, 0) is 23.2 Å². The molecular weight excluding hydrogens is 659 g/mol. The molecule has 0 radical (unpaired) electrons. The highest BCUT2D eigenvalue weighted by Crippen LogP contribution is 2.38. The minimum Gasteiger partial charge on any atom is -0.496 e. The fraction of sp³-hybridized carbons (Fsp3) is 0.410. The number of fused-ring (bicyclic) bond motifs is 1. The smallest absolute Gasteiger partial charge is 0.258 e. The molecule has 0 spiro atoms. The molecule has 3 fully saturated rings. The number of methoxy groups -OCH3 is 1. The summed E-state index contributed by atoms with van der Waals surface area (Å²) in [5.41, 5.74) is 2.32. The Morgan fingerprint density at radius 2 is 1.57 bits per heavy atom. The van der Waals surface area contributed by atoms with E-state index in [-0.39, 0.29) is 23.7 Å². The zero-order valence-electron chi connectivity index (χ0n) is 28.8. The van der Waals surface area contributed by atoms with Gasteiger partial charge in [-0.15, -0.1) is 0 Å². The predicted octanol–water partition coefficient (Wildman–Crippen LogP) is 5.98. The summed E-state index contributed by atoms with van der Waals surface area (Å²) in [7, 11) is 3.13. The van der Waals surface area contributed by atoms with E-state index in [1.54, 1.807) is 31.4 Å². The van der Waals surface area contributed by atoms with Gasteiger partial charge in [0.25, 0.3) is 5.56 Å². The van der Waals surface area contributed by atoms with E-state index in [2.05, 4.69) is 20.4 Å². The van der Waals surface area contributed by atoms with Gasteiger partial charge in [0.15, 0.2) is 0 Å². The lowest BCUT2D eigenvalue weighted by molar-refractivity contribution is -0.133. The molecule has 3 aromatic carbocycles. The highest BCUT2D eigenvalue weighted by atomic mass is 19.1. The minimum absolute atomic E-state index is 0.253. The number of rotatable bonds is 8. The molecule has 4 aromatic rings. The fourth-order valence-electron chi connectivity index (χ4n) is 8.07. The number of carbonyl (C=O) groups excluding carboxylic acids is 2. The zero-order chi connectivity index (χ0) is 35.8. The van der Waals surface area contributed by atoms with Crippen LogP contribution in [0, 0.1) is 29.3 Å². The number of likely N-dealkylation sites (tertiary alicyclic amines) is 1. The van der Waals surface area contributed by atoms with Gasteiger partial charge in [-0.3, -0.25) is 24.6 Å². The number of pyridine rings is 1. The lowest BCUT2D eigenvalue weighted by atomic mass is 9.78. The van der Waals surface area contributed by atoms with Crippen molar-refractivity contribution >= 4 is 34.0 Å². The maximum Gasteiger partial charge on any atom is 0.258 e. The number of aromatic nitrogens is 1. The fourth-order valence-corrected chi connectivity index (χ4v) is 8.07. The number of aryl methyl sites for hydroxylation is 1. The van der Waals surface area contributed by atoms with Gasteiger partial charge < -0.3 is 19.5 Å². The molecule has 51 heavy (non-hydrogen) atoms. The number of nitrogens with one attached hydrogen (secondary N) is 2. The Balaban J connectivity index is 0.949. The van der Waals surface area contributed by atoms with Gasteiger partial charge in [-0.1, -0.05) is 0 Å². The molecule has 12 heteroatoms. The maximum atomic E-state index is 15.8. The van der Waals surface area contributed by atoms with E-state index in [0.29, 0.717) is 69.4 Å². The van der Waals surface area contributed by atoms with Gasteiger partial charge >= 0.3 is 0 Å². The summed E-state index contributed by atoms with van der Waals surface area (Å²) in [6.45, 7) is 3.57. The Hall–Kier alpha value is -4.84. The Kier molecular flexibility index (Phi) is 9.78. The average molecular weight is 702 g/mol. The molecule has 2 N–H and O–H groups in total. The van der Waals surface area contributed by atoms with Gasteiger partial charge in [-0.25, -0.2) is 13.2 Å². The monoisotopic (exact) mass is 701 g/mol. The van der Waals surface area contributed by atoms with Crippen molar-refractivity contribution in [3.63, 3.8) is 0 Å².